The molecule has 0 radical (unpaired) electrons. The summed E-state index contributed by atoms with van der Waals surface area (Å²) in [5.74, 6) is -0.294. The Balaban J connectivity index is 2.21. The molecule has 1 unspecified atom stereocenters. The number of hydrogen-bond acceptors (Lipinski definition) is 2. The van der Waals surface area contributed by atoms with E-state index < -0.39 is 6.10 Å². The van der Waals surface area contributed by atoms with Crippen molar-refractivity contribution in [1.82, 2.24) is 9.78 Å². The van der Waals surface area contributed by atoms with Crippen molar-refractivity contribution < 1.29 is 9.50 Å². The fraction of sp³-hybridized carbons (Fsp3) is 0.308. The van der Waals surface area contributed by atoms with Crippen molar-refractivity contribution in [1.29, 1.82) is 0 Å². The summed E-state index contributed by atoms with van der Waals surface area (Å²) < 4.78 is 15.4. The number of rotatable bonds is 3. The largest absolute Gasteiger partial charge is 0.388 e. The SMILES string of the molecule is Cc1c(C(O)Cc2ccc(F)cc2Br)cnn1C. The first-order valence-electron chi connectivity index (χ1n) is 5.59. The lowest BCUT2D eigenvalue weighted by molar-refractivity contribution is 0.177. The predicted octanol–water partition coefficient (Wildman–Crippen LogP) is 2.91. The second kappa shape index (κ2) is 5.20. The highest BCUT2D eigenvalue weighted by Gasteiger charge is 2.15. The molecule has 0 saturated heterocycles. The lowest BCUT2D eigenvalue weighted by Gasteiger charge is -2.11. The van der Waals surface area contributed by atoms with E-state index in [1.54, 1.807) is 16.9 Å². The normalized spacial score (nSPS) is 12.7. The Labute approximate surface area is 113 Å². The number of hydrogen-bond donors (Lipinski definition) is 1. The van der Waals surface area contributed by atoms with Gasteiger partial charge in [-0.2, -0.15) is 5.10 Å². The average Bonchev–Trinajstić information content (AvgIpc) is 2.64. The van der Waals surface area contributed by atoms with Gasteiger partial charge in [0.15, 0.2) is 0 Å². The van der Waals surface area contributed by atoms with Crippen molar-refractivity contribution in [2.45, 2.75) is 19.4 Å². The standard InChI is InChI=1S/C13H14BrFN2O/c1-8-11(7-16-17(8)2)13(18)5-9-3-4-10(15)6-12(9)14/h3-4,6-7,13,18H,5H2,1-2H3. The van der Waals surface area contributed by atoms with Crippen LogP contribution in [0.15, 0.2) is 28.9 Å². The highest BCUT2D eigenvalue weighted by Crippen LogP contribution is 2.25. The van der Waals surface area contributed by atoms with Gasteiger partial charge >= 0.3 is 0 Å². The zero-order valence-electron chi connectivity index (χ0n) is 10.2. The van der Waals surface area contributed by atoms with Crippen LogP contribution >= 0.6 is 15.9 Å². The number of benzene rings is 1. The number of aliphatic hydroxyl groups excluding tert-OH is 1. The van der Waals surface area contributed by atoms with Gasteiger partial charge in [0.2, 0.25) is 0 Å². The Morgan fingerprint density at radius 2 is 2.22 bits per heavy atom. The van der Waals surface area contributed by atoms with Crippen LogP contribution in [0.25, 0.3) is 0 Å². The highest BCUT2D eigenvalue weighted by molar-refractivity contribution is 9.10. The molecule has 96 valence electrons. The van der Waals surface area contributed by atoms with Crippen LogP contribution in [-0.2, 0) is 13.5 Å². The molecule has 0 amide bonds. The van der Waals surface area contributed by atoms with Crippen LogP contribution in [0, 0.1) is 12.7 Å². The molecule has 0 aliphatic rings. The molecule has 3 nitrogen and oxygen atoms in total. The van der Waals surface area contributed by atoms with Crippen molar-refractivity contribution in [2.75, 3.05) is 0 Å². The van der Waals surface area contributed by atoms with E-state index in [1.807, 2.05) is 14.0 Å². The Hall–Kier alpha value is -1.20. The van der Waals surface area contributed by atoms with Crippen LogP contribution in [0.2, 0.25) is 0 Å². The van der Waals surface area contributed by atoms with Crippen LogP contribution < -0.4 is 0 Å². The summed E-state index contributed by atoms with van der Waals surface area (Å²) in [4.78, 5) is 0. The fourth-order valence-corrected chi connectivity index (χ4v) is 2.36. The maximum Gasteiger partial charge on any atom is 0.124 e. The van der Waals surface area contributed by atoms with Crippen LogP contribution in [0.1, 0.15) is 22.9 Å². The molecule has 0 fully saturated rings. The van der Waals surface area contributed by atoms with Gasteiger partial charge in [-0.3, -0.25) is 4.68 Å². The summed E-state index contributed by atoms with van der Waals surface area (Å²) in [6.07, 6.45) is 1.45. The van der Waals surface area contributed by atoms with E-state index in [1.165, 1.54) is 12.1 Å². The summed E-state index contributed by atoms with van der Waals surface area (Å²) >= 11 is 3.30. The topological polar surface area (TPSA) is 38.1 Å². The molecule has 1 aromatic carbocycles. The third kappa shape index (κ3) is 2.62. The molecule has 1 N–H and O–H groups in total. The van der Waals surface area contributed by atoms with Crippen molar-refractivity contribution in [2.24, 2.45) is 7.05 Å². The van der Waals surface area contributed by atoms with E-state index in [-0.39, 0.29) is 5.82 Å². The Kier molecular flexibility index (Phi) is 3.82. The molecule has 1 aromatic heterocycles. The van der Waals surface area contributed by atoms with Gasteiger partial charge in [0.05, 0.1) is 12.3 Å². The van der Waals surface area contributed by atoms with Crippen LogP contribution in [0.3, 0.4) is 0 Å². The molecule has 0 bridgehead atoms. The summed E-state index contributed by atoms with van der Waals surface area (Å²) in [6, 6.07) is 4.47. The first kappa shape index (κ1) is 13.2. The maximum absolute atomic E-state index is 13.0. The molecular weight excluding hydrogens is 299 g/mol. The molecule has 0 saturated carbocycles. The zero-order chi connectivity index (χ0) is 13.3. The second-order valence-electron chi connectivity index (χ2n) is 4.26. The number of aryl methyl sites for hydroxylation is 1. The minimum absolute atomic E-state index is 0.294. The van der Waals surface area contributed by atoms with E-state index in [4.69, 9.17) is 0 Å². The second-order valence-corrected chi connectivity index (χ2v) is 5.12. The zero-order valence-corrected chi connectivity index (χ0v) is 11.8. The van der Waals surface area contributed by atoms with E-state index in [0.29, 0.717) is 10.9 Å². The summed E-state index contributed by atoms with van der Waals surface area (Å²) in [6.45, 7) is 1.91. The highest BCUT2D eigenvalue weighted by atomic mass is 79.9. The van der Waals surface area contributed by atoms with Crippen LogP contribution in [0.4, 0.5) is 4.39 Å². The maximum atomic E-state index is 13.0. The summed E-state index contributed by atoms with van der Waals surface area (Å²) in [5, 5.41) is 14.3. The lowest BCUT2D eigenvalue weighted by atomic mass is 10.0. The molecule has 1 heterocycles. The Bertz CT molecular complexity index is 568. The van der Waals surface area contributed by atoms with Crippen LogP contribution in [-0.4, -0.2) is 14.9 Å². The van der Waals surface area contributed by atoms with E-state index in [0.717, 1.165) is 16.8 Å². The van der Waals surface area contributed by atoms with Gasteiger partial charge < -0.3 is 5.11 Å². The van der Waals surface area contributed by atoms with Crippen molar-refractivity contribution >= 4 is 15.9 Å². The Morgan fingerprint density at radius 3 is 2.78 bits per heavy atom. The van der Waals surface area contributed by atoms with Gasteiger partial charge in [0.1, 0.15) is 5.82 Å². The fourth-order valence-electron chi connectivity index (χ4n) is 1.85. The van der Waals surface area contributed by atoms with Gasteiger partial charge in [-0.25, -0.2) is 4.39 Å². The van der Waals surface area contributed by atoms with Gasteiger partial charge in [-0.05, 0) is 24.6 Å². The molecule has 18 heavy (non-hydrogen) atoms. The molecule has 0 spiro atoms. The van der Waals surface area contributed by atoms with E-state index in [2.05, 4.69) is 21.0 Å². The predicted molar refractivity (Wildman–Crippen MR) is 70.7 cm³/mol. The van der Waals surface area contributed by atoms with Crippen molar-refractivity contribution in [3.05, 3.63) is 51.5 Å². The minimum atomic E-state index is -0.638. The minimum Gasteiger partial charge on any atom is -0.388 e. The molecule has 2 aromatic rings. The first-order chi connectivity index (χ1) is 8.49. The van der Waals surface area contributed by atoms with E-state index in [9.17, 15) is 9.50 Å². The third-order valence-electron chi connectivity index (χ3n) is 3.06. The van der Waals surface area contributed by atoms with Gasteiger partial charge in [-0.15, -0.1) is 0 Å². The summed E-state index contributed by atoms with van der Waals surface area (Å²) in [5.41, 5.74) is 2.60. The molecule has 2 rings (SSSR count). The number of nitrogens with zero attached hydrogens (tertiary/aromatic N) is 2. The number of aliphatic hydroxyl groups is 1. The average molecular weight is 313 g/mol. The lowest BCUT2D eigenvalue weighted by Crippen LogP contribution is -2.04. The van der Waals surface area contributed by atoms with Gasteiger partial charge in [0.25, 0.3) is 0 Å². The third-order valence-corrected chi connectivity index (χ3v) is 3.80. The monoisotopic (exact) mass is 312 g/mol. The molecule has 1 atom stereocenters. The molecule has 0 aliphatic heterocycles. The first-order valence-corrected chi connectivity index (χ1v) is 6.39. The van der Waals surface area contributed by atoms with Gasteiger partial charge in [0, 0.05) is 29.2 Å². The smallest absolute Gasteiger partial charge is 0.124 e. The molecule has 5 heteroatoms. The van der Waals surface area contributed by atoms with Crippen molar-refractivity contribution in [3.8, 4) is 0 Å². The summed E-state index contributed by atoms with van der Waals surface area (Å²) in [7, 11) is 1.83. The number of aromatic nitrogens is 2. The molecule has 0 aliphatic carbocycles. The quantitative estimate of drug-likeness (QED) is 0.946. The molecular formula is C13H14BrFN2O. The number of halogens is 2. The van der Waals surface area contributed by atoms with Crippen molar-refractivity contribution in [3.63, 3.8) is 0 Å². The van der Waals surface area contributed by atoms with E-state index >= 15 is 0 Å². The Morgan fingerprint density at radius 1 is 1.50 bits per heavy atom. The van der Waals surface area contributed by atoms with Crippen LogP contribution in [0.5, 0.6) is 0 Å². The van der Waals surface area contributed by atoms with Gasteiger partial charge in [-0.1, -0.05) is 22.0 Å².